The zero-order chi connectivity index (χ0) is 12.4. The quantitative estimate of drug-likeness (QED) is 0.867. The van der Waals surface area contributed by atoms with E-state index in [-0.39, 0.29) is 0 Å². The molecule has 0 saturated heterocycles. The molecule has 4 nitrogen and oxygen atoms in total. The molecule has 2 aromatic heterocycles. The topological polar surface area (TPSA) is 55.3 Å². The molecule has 4 heteroatoms. The van der Waals surface area contributed by atoms with Crippen molar-refractivity contribution in [1.29, 1.82) is 0 Å². The van der Waals surface area contributed by atoms with Gasteiger partial charge in [-0.1, -0.05) is 18.9 Å². The van der Waals surface area contributed by atoms with E-state index in [0.717, 1.165) is 24.6 Å². The molecule has 1 aliphatic carbocycles. The van der Waals surface area contributed by atoms with Gasteiger partial charge in [0.05, 0.1) is 0 Å². The smallest absolute Gasteiger partial charge is 0.138 e. The molecule has 1 aliphatic rings. The largest absolute Gasteiger partial charge is 0.371 e. The minimum absolute atomic E-state index is 0.294. The summed E-state index contributed by atoms with van der Waals surface area (Å²) in [6, 6.07) is 6.14. The molecule has 1 fully saturated rings. The van der Waals surface area contributed by atoms with Gasteiger partial charge in [-0.25, -0.2) is 4.98 Å². The fourth-order valence-corrected chi connectivity index (χ4v) is 2.95. The highest BCUT2D eigenvalue weighted by atomic mass is 15.1. The van der Waals surface area contributed by atoms with Crippen molar-refractivity contribution in [2.75, 3.05) is 18.4 Å². The Morgan fingerprint density at radius 2 is 2.17 bits per heavy atom. The van der Waals surface area contributed by atoms with E-state index in [9.17, 15) is 0 Å². The Bertz CT molecular complexity index is 525. The highest BCUT2D eigenvalue weighted by molar-refractivity contribution is 5.49. The molecule has 3 N–H and O–H groups in total. The van der Waals surface area contributed by atoms with Crippen LogP contribution in [0, 0.1) is 5.41 Å². The lowest BCUT2D eigenvalue weighted by atomic mass is 9.86. The zero-order valence-electron chi connectivity index (χ0n) is 10.6. The molecular formula is C14H20N4. The maximum absolute atomic E-state index is 5.97. The fourth-order valence-electron chi connectivity index (χ4n) is 2.95. The molecule has 18 heavy (non-hydrogen) atoms. The monoisotopic (exact) mass is 244 g/mol. The van der Waals surface area contributed by atoms with Crippen LogP contribution in [0.4, 0.5) is 5.82 Å². The highest BCUT2D eigenvalue weighted by Gasteiger charge is 2.32. The Morgan fingerprint density at radius 3 is 2.94 bits per heavy atom. The summed E-state index contributed by atoms with van der Waals surface area (Å²) >= 11 is 0. The maximum Gasteiger partial charge on any atom is 0.138 e. The second-order valence-electron chi connectivity index (χ2n) is 5.33. The van der Waals surface area contributed by atoms with E-state index in [1.807, 2.05) is 24.5 Å². The molecule has 0 aliphatic heterocycles. The number of hydrogen-bond acceptors (Lipinski definition) is 3. The molecule has 0 atom stereocenters. The molecule has 2 heterocycles. The van der Waals surface area contributed by atoms with E-state index in [2.05, 4.69) is 20.8 Å². The number of nitrogens with zero attached hydrogens (tertiary/aromatic N) is 2. The number of aromatic nitrogens is 2. The lowest BCUT2D eigenvalue weighted by molar-refractivity contribution is 0.331. The van der Waals surface area contributed by atoms with Gasteiger partial charge in [0.2, 0.25) is 0 Å². The van der Waals surface area contributed by atoms with Crippen molar-refractivity contribution in [2.45, 2.75) is 25.7 Å². The van der Waals surface area contributed by atoms with Crippen LogP contribution in [0.3, 0.4) is 0 Å². The Labute approximate surface area is 107 Å². The third-order valence-electron chi connectivity index (χ3n) is 4.17. The number of fused-ring (bicyclic) bond motifs is 1. The fraction of sp³-hybridized carbons (Fsp3) is 0.500. The lowest BCUT2D eigenvalue weighted by Crippen LogP contribution is -2.34. The van der Waals surface area contributed by atoms with Crippen LogP contribution in [-0.2, 0) is 0 Å². The number of imidazole rings is 1. The molecule has 1 saturated carbocycles. The molecule has 0 unspecified atom stereocenters. The van der Waals surface area contributed by atoms with Gasteiger partial charge in [0.15, 0.2) is 0 Å². The van der Waals surface area contributed by atoms with Gasteiger partial charge in [-0.05, 0) is 36.9 Å². The Kier molecular flexibility index (Phi) is 2.96. The molecule has 0 amide bonds. The number of pyridine rings is 1. The van der Waals surface area contributed by atoms with Gasteiger partial charge in [-0.2, -0.15) is 0 Å². The summed E-state index contributed by atoms with van der Waals surface area (Å²) in [4.78, 5) is 4.29. The van der Waals surface area contributed by atoms with E-state index in [1.54, 1.807) is 0 Å². The van der Waals surface area contributed by atoms with Gasteiger partial charge in [0.25, 0.3) is 0 Å². The van der Waals surface area contributed by atoms with Crippen LogP contribution >= 0.6 is 0 Å². The third-order valence-corrected chi connectivity index (χ3v) is 4.17. The van der Waals surface area contributed by atoms with Gasteiger partial charge in [0, 0.05) is 18.9 Å². The summed E-state index contributed by atoms with van der Waals surface area (Å²) in [5, 5.41) is 3.55. The molecule has 2 aromatic rings. The van der Waals surface area contributed by atoms with Gasteiger partial charge < -0.3 is 11.1 Å². The van der Waals surface area contributed by atoms with E-state index < -0.39 is 0 Å². The Balaban J connectivity index is 1.78. The second-order valence-corrected chi connectivity index (χ2v) is 5.33. The predicted molar refractivity (Wildman–Crippen MR) is 73.6 cm³/mol. The first-order valence-corrected chi connectivity index (χ1v) is 6.69. The number of anilines is 1. The summed E-state index contributed by atoms with van der Waals surface area (Å²) in [6.07, 6.45) is 8.94. The van der Waals surface area contributed by atoms with Crippen LogP contribution in [0.15, 0.2) is 30.6 Å². The van der Waals surface area contributed by atoms with Crippen molar-refractivity contribution in [3.63, 3.8) is 0 Å². The van der Waals surface area contributed by atoms with E-state index in [0.29, 0.717) is 5.41 Å². The summed E-state index contributed by atoms with van der Waals surface area (Å²) in [5.41, 5.74) is 7.24. The molecule has 0 radical (unpaired) electrons. The standard InChI is InChI=1S/C14H20N4/c15-10-14(6-1-2-7-14)11-17-13-5-3-4-12-16-8-9-18(12)13/h3-5,8-9,17H,1-2,6-7,10-11,15H2. The first-order chi connectivity index (χ1) is 8.83. The van der Waals surface area contributed by atoms with Crippen LogP contribution in [0.5, 0.6) is 0 Å². The minimum Gasteiger partial charge on any atom is -0.371 e. The Hall–Kier alpha value is -1.55. The number of nitrogens with two attached hydrogens (primary N) is 1. The lowest BCUT2D eigenvalue weighted by Gasteiger charge is -2.28. The summed E-state index contributed by atoms with van der Waals surface area (Å²) in [5.74, 6) is 1.10. The normalized spacial score (nSPS) is 18.3. The van der Waals surface area contributed by atoms with Gasteiger partial charge >= 0.3 is 0 Å². The average molecular weight is 244 g/mol. The van der Waals surface area contributed by atoms with Gasteiger partial charge in [-0.3, -0.25) is 4.40 Å². The first kappa shape index (κ1) is 11.5. The van der Waals surface area contributed by atoms with Gasteiger partial charge in [0.1, 0.15) is 11.5 Å². The molecule has 0 aromatic carbocycles. The molecule has 0 spiro atoms. The molecule has 0 bridgehead atoms. The van der Waals surface area contributed by atoms with Crippen LogP contribution in [-0.4, -0.2) is 22.5 Å². The second kappa shape index (κ2) is 4.61. The Morgan fingerprint density at radius 1 is 1.33 bits per heavy atom. The van der Waals surface area contributed by atoms with E-state index in [4.69, 9.17) is 5.73 Å². The van der Waals surface area contributed by atoms with Crippen molar-refractivity contribution in [3.05, 3.63) is 30.6 Å². The highest BCUT2D eigenvalue weighted by Crippen LogP contribution is 2.37. The van der Waals surface area contributed by atoms with Crippen molar-refractivity contribution >= 4 is 11.5 Å². The molecule has 3 rings (SSSR count). The first-order valence-electron chi connectivity index (χ1n) is 6.69. The zero-order valence-corrected chi connectivity index (χ0v) is 10.6. The predicted octanol–water partition coefficient (Wildman–Crippen LogP) is 2.27. The molecule has 96 valence electrons. The third kappa shape index (κ3) is 1.97. The summed E-state index contributed by atoms with van der Waals surface area (Å²) in [6.45, 7) is 1.74. The van der Waals surface area contributed by atoms with Crippen molar-refractivity contribution in [2.24, 2.45) is 11.1 Å². The summed E-state index contributed by atoms with van der Waals surface area (Å²) < 4.78 is 2.08. The van der Waals surface area contributed by atoms with Crippen LogP contribution in [0.2, 0.25) is 0 Å². The van der Waals surface area contributed by atoms with Crippen molar-refractivity contribution in [3.8, 4) is 0 Å². The SMILES string of the molecule is NCC1(CNc2cccc3nccn23)CCCC1. The van der Waals surface area contributed by atoms with Crippen molar-refractivity contribution < 1.29 is 0 Å². The number of nitrogens with one attached hydrogen (secondary N) is 1. The number of rotatable bonds is 4. The van der Waals surface area contributed by atoms with Gasteiger partial charge in [-0.15, -0.1) is 0 Å². The minimum atomic E-state index is 0.294. The summed E-state index contributed by atoms with van der Waals surface area (Å²) in [7, 11) is 0. The average Bonchev–Trinajstić information content (AvgIpc) is 3.06. The maximum atomic E-state index is 5.97. The molecular weight excluding hydrogens is 224 g/mol. The van der Waals surface area contributed by atoms with E-state index >= 15 is 0 Å². The van der Waals surface area contributed by atoms with Crippen LogP contribution in [0.1, 0.15) is 25.7 Å². The van der Waals surface area contributed by atoms with Crippen LogP contribution < -0.4 is 11.1 Å². The van der Waals surface area contributed by atoms with Crippen molar-refractivity contribution in [1.82, 2.24) is 9.38 Å². The number of hydrogen-bond donors (Lipinski definition) is 2. The van der Waals surface area contributed by atoms with E-state index in [1.165, 1.54) is 25.7 Å². The van der Waals surface area contributed by atoms with Crippen LogP contribution in [0.25, 0.3) is 5.65 Å².